The number of hydrogen-bond donors (Lipinski definition) is 1. The van der Waals surface area contributed by atoms with Gasteiger partial charge in [0.15, 0.2) is 5.78 Å². The van der Waals surface area contributed by atoms with Crippen LogP contribution in [0.3, 0.4) is 0 Å². The molecule has 1 unspecified atom stereocenters. The minimum Gasteiger partial charge on any atom is -0.508 e. The van der Waals surface area contributed by atoms with Gasteiger partial charge in [-0.25, -0.2) is 4.39 Å². The first-order valence-electron chi connectivity index (χ1n) is 13.3. The first-order valence-corrected chi connectivity index (χ1v) is 13.3. The third kappa shape index (κ3) is 6.99. The number of phenols is 1. The normalized spacial score (nSPS) is 15.4. The molecule has 1 aliphatic rings. The summed E-state index contributed by atoms with van der Waals surface area (Å²) in [6.45, 7) is 9.65. The molecule has 1 saturated heterocycles. The average Bonchev–Trinajstić information content (AvgIpc) is 2.96. The van der Waals surface area contributed by atoms with Crippen LogP contribution in [0.4, 0.5) is 4.39 Å². The molecular weight excluding hydrogens is 495 g/mol. The van der Waals surface area contributed by atoms with E-state index in [1.165, 1.54) is 19.3 Å². The third-order valence-electron chi connectivity index (χ3n) is 7.37. The van der Waals surface area contributed by atoms with Crippen LogP contribution in [-0.4, -0.2) is 66.5 Å². The van der Waals surface area contributed by atoms with Crippen LogP contribution in [0, 0.1) is 5.82 Å². The number of ether oxygens (including phenoxy) is 1. The molecule has 204 valence electrons. The van der Waals surface area contributed by atoms with Gasteiger partial charge in [0.25, 0.3) is 0 Å². The summed E-state index contributed by atoms with van der Waals surface area (Å²) >= 11 is 0. The van der Waals surface area contributed by atoms with Gasteiger partial charge in [-0.3, -0.25) is 14.5 Å². The van der Waals surface area contributed by atoms with Crippen molar-refractivity contribution in [3.8, 4) is 16.9 Å². The number of carbonyl (C=O) groups excluding carboxylic acids is 2. The highest BCUT2D eigenvalue weighted by Gasteiger charge is 2.18. The molecule has 7 heteroatoms. The Morgan fingerprint density at radius 1 is 1.00 bits per heavy atom. The molecule has 0 radical (unpaired) electrons. The number of benzene rings is 3. The second-order valence-corrected chi connectivity index (χ2v) is 9.86. The SMILES string of the molecule is CCN1CCN(Cc2ccc(/C=C/C(=O)c3ccc(-c4ccc(C(C)C(=O)OC)cc4F)cc3)cc2O)CC1. The molecule has 1 fully saturated rings. The van der Waals surface area contributed by atoms with Gasteiger partial charge in [-0.05, 0) is 48.4 Å². The van der Waals surface area contributed by atoms with Crippen molar-refractivity contribution in [2.45, 2.75) is 26.3 Å². The number of phenolic OH excluding ortho intramolecular Hbond substituents is 1. The first kappa shape index (κ1) is 28.2. The molecule has 0 aliphatic carbocycles. The highest BCUT2D eigenvalue weighted by Crippen LogP contribution is 2.28. The van der Waals surface area contributed by atoms with Crippen LogP contribution in [0.2, 0.25) is 0 Å². The minimum absolute atomic E-state index is 0.193. The Kier molecular flexibility index (Phi) is 9.28. The number of nitrogens with zero attached hydrogens (tertiary/aromatic N) is 2. The number of likely N-dealkylation sites (N-methyl/N-ethyl adjacent to an activating group) is 1. The second-order valence-electron chi connectivity index (χ2n) is 9.86. The van der Waals surface area contributed by atoms with Gasteiger partial charge in [0, 0.05) is 49.4 Å². The van der Waals surface area contributed by atoms with Crippen molar-refractivity contribution < 1.29 is 23.8 Å². The van der Waals surface area contributed by atoms with E-state index < -0.39 is 17.7 Å². The zero-order chi connectivity index (χ0) is 27.9. The predicted molar refractivity (Wildman–Crippen MR) is 151 cm³/mol. The number of carbonyl (C=O) groups is 2. The fourth-order valence-electron chi connectivity index (χ4n) is 4.75. The molecule has 3 aromatic carbocycles. The van der Waals surface area contributed by atoms with Crippen LogP contribution in [0.15, 0.2) is 66.7 Å². The molecule has 39 heavy (non-hydrogen) atoms. The zero-order valence-electron chi connectivity index (χ0n) is 22.7. The van der Waals surface area contributed by atoms with E-state index in [2.05, 4.69) is 16.7 Å². The van der Waals surface area contributed by atoms with Gasteiger partial charge in [0.2, 0.25) is 0 Å². The van der Waals surface area contributed by atoms with Crippen molar-refractivity contribution in [2.75, 3.05) is 39.8 Å². The van der Waals surface area contributed by atoms with Crippen molar-refractivity contribution in [1.29, 1.82) is 0 Å². The summed E-state index contributed by atoms with van der Waals surface area (Å²) < 4.78 is 19.5. The van der Waals surface area contributed by atoms with Gasteiger partial charge in [-0.15, -0.1) is 0 Å². The number of rotatable bonds is 9. The number of methoxy groups -OCH3 is 1. The van der Waals surface area contributed by atoms with Crippen LogP contribution >= 0.6 is 0 Å². The number of ketones is 1. The molecule has 1 heterocycles. The molecule has 4 rings (SSSR count). The Morgan fingerprint density at radius 2 is 1.69 bits per heavy atom. The van der Waals surface area contributed by atoms with E-state index in [4.69, 9.17) is 4.74 Å². The topological polar surface area (TPSA) is 70.1 Å². The molecule has 1 aliphatic heterocycles. The quantitative estimate of drug-likeness (QED) is 0.224. The Morgan fingerprint density at radius 3 is 2.31 bits per heavy atom. The standard InChI is InChI=1S/C32H35FN2O4/c1-4-34-15-17-35(18-16-34)21-27-7-5-23(19-31(27)37)6-14-30(36)25-10-8-24(9-11-25)28-13-12-26(20-29(28)33)22(2)32(38)39-3/h5-14,19-20,22,37H,4,15-18,21H2,1-3H3/b14-6+. The number of esters is 1. The van der Waals surface area contributed by atoms with Gasteiger partial charge in [0.05, 0.1) is 13.0 Å². The maximum absolute atomic E-state index is 14.8. The van der Waals surface area contributed by atoms with Gasteiger partial charge in [-0.2, -0.15) is 0 Å². The summed E-state index contributed by atoms with van der Waals surface area (Å²) in [4.78, 5) is 29.2. The summed E-state index contributed by atoms with van der Waals surface area (Å²) in [5.74, 6) is -1.41. The van der Waals surface area contributed by atoms with E-state index in [9.17, 15) is 19.1 Å². The molecular formula is C32H35FN2O4. The van der Waals surface area contributed by atoms with Gasteiger partial charge in [-0.1, -0.05) is 61.5 Å². The lowest BCUT2D eigenvalue weighted by atomic mass is 9.96. The molecule has 3 aromatic rings. The second kappa shape index (κ2) is 12.8. The van der Waals surface area contributed by atoms with Crippen molar-refractivity contribution in [1.82, 2.24) is 9.80 Å². The minimum atomic E-state index is -0.565. The average molecular weight is 531 g/mol. The van der Waals surface area contributed by atoms with Gasteiger partial charge >= 0.3 is 5.97 Å². The van der Waals surface area contributed by atoms with Crippen LogP contribution in [0.1, 0.15) is 46.8 Å². The summed E-state index contributed by atoms with van der Waals surface area (Å²) in [6, 6.07) is 16.9. The molecule has 0 aromatic heterocycles. The van der Waals surface area contributed by atoms with Gasteiger partial charge < -0.3 is 14.7 Å². The summed E-state index contributed by atoms with van der Waals surface area (Å²) in [6.07, 6.45) is 3.15. The Bertz CT molecular complexity index is 1340. The number of halogens is 1. The van der Waals surface area contributed by atoms with E-state index in [1.54, 1.807) is 55.5 Å². The number of aromatic hydroxyl groups is 1. The molecule has 0 amide bonds. The maximum Gasteiger partial charge on any atom is 0.312 e. The Balaban J connectivity index is 1.38. The van der Waals surface area contributed by atoms with E-state index in [0.29, 0.717) is 28.8 Å². The Hall–Kier alpha value is -3.81. The fraction of sp³-hybridized carbons (Fsp3) is 0.312. The summed E-state index contributed by atoms with van der Waals surface area (Å²) in [7, 11) is 1.30. The van der Waals surface area contributed by atoms with E-state index >= 15 is 0 Å². The van der Waals surface area contributed by atoms with Crippen molar-refractivity contribution >= 4 is 17.8 Å². The van der Waals surface area contributed by atoms with Crippen LogP contribution in [0.25, 0.3) is 17.2 Å². The van der Waals surface area contributed by atoms with Crippen molar-refractivity contribution in [2.24, 2.45) is 0 Å². The van der Waals surface area contributed by atoms with E-state index in [1.807, 2.05) is 12.1 Å². The zero-order valence-corrected chi connectivity index (χ0v) is 22.7. The van der Waals surface area contributed by atoms with Gasteiger partial charge in [0.1, 0.15) is 11.6 Å². The van der Waals surface area contributed by atoms with Crippen LogP contribution in [0.5, 0.6) is 5.75 Å². The molecule has 0 saturated carbocycles. The van der Waals surface area contributed by atoms with Crippen LogP contribution in [-0.2, 0) is 16.1 Å². The molecule has 0 spiro atoms. The fourth-order valence-corrected chi connectivity index (χ4v) is 4.75. The lowest BCUT2D eigenvalue weighted by Crippen LogP contribution is -2.45. The molecule has 0 bridgehead atoms. The first-order chi connectivity index (χ1) is 18.8. The highest BCUT2D eigenvalue weighted by molar-refractivity contribution is 6.07. The lowest BCUT2D eigenvalue weighted by Gasteiger charge is -2.34. The summed E-state index contributed by atoms with van der Waals surface area (Å²) in [5, 5.41) is 10.5. The molecule has 6 nitrogen and oxygen atoms in total. The highest BCUT2D eigenvalue weighted by atomic mass is 19.1. The monoisotopic (exact) mass is 530 g/mol. The molecule has 1 atom stereocenters. The number of piperazine rings is 1. The van der Waals surface area contributed by atoms with Crippen LogP contribution < -0.4 is 0 Å². The van der Waals surface area contributed by atoms with E-state index in [-0.39, 0.29) is 11.5 Å². The van der Waals surface area contributed by atoms with Crippen molar-refractivity contribution in [3.63, 3.8) is 0 Å². The maximum atomic E-state index is 14.8. The largest absolute Gasteiger partial charge is 0.508 e. The van der Waals surface area contributed by atoms with Crippen molar-refractivity contribution in [3.05, 3.63) is 94.8 Å². The summed E-state index contributed by atoms with van der Waals surface area (Å²) in [5.41, 5.74) is 3.63. The molecule has 1 N–H and O–H groups in total. The number of allylic oxidation sites excluding steroid dienone is 1. The predicted octanol–water partition coefficient (Wildman–Crippen LogP) is 5.51. The lowest BCUT2D eigenvalue weighted by molar-refractivity contribution is -0.142. The smallest absolute Gasteiger partial charge is 0.312 e. The van der Waals surface area contributed by atoms with E-state index in [0.717, 1.165) is 43.9 Å². The Labute approximate surface area is 229 Å². The third-order valence-corrected chi connectivity index (χ3v) is 7.37. The number of hydrogen-bond acceptors (Lipinski definition) is 6.